The second-order valence-electron chi connectivity index (χ2n) is 15.7. The highest BCUT2D eigenvalue weighted by Gasteiger charge is 2.39. The first-order valence-corrected chi connectivity index (χ1v) is 19.2. The lowest BCUT2D eigenvalue weighted by Crippen LogP contribution is -2.41. The van der Waals surface area contributed by atoms with E-state index >= 15 is 0 Å². The summed E-state index contributed by atoms with van der Waals surface area (Å²) in [6.45, 7) is 11.8. The van der Waals surface area contributed by atoms with Crippen molar-refractivity contribution in [3.05, 3.63) is 88.2 Å². The van der Waals surface area contributed by atoms with Gasteiger partial charge in [-0.3, -0.25) is 15.7 Å². The van der Waals surface area contributed by atoms with E-state index in [1.807, 2.05) is 32.9 Å². The highest BCUT2D eigenvalue weighted by molar-refractivity contribution is 6.29. The van der Waals surface area contributed by atoms with Crippen LogP contribution in [0.25, 0.3) is 21.9 Å². The molecule has 1 heterocycles. The van der Waals surface area contributed by atoms with Crippen LogP contribution in [0, 0.1) is 16.7 Å². The average molecular weight is 771 g/mol. The summed E-state index contributed by atoms with van der Waals surface area (Å²) in [6, 6.07) is 6.55. The first-order valence-electron chi connectivity index (χ1n) is 19.2. The minimum Gasteiger partial charge on any atom is -0.457 e. The third-order valence-electron chi connectivity index (χ3n) is 10.4. The molecule has 2 aliphatic rings. The quantitative estimate of drug-likeness (QED) is 0.0703. The van der Waals surface area contributed by atoms with Gasteiger partial charge >= 0.3 is 12.4 Å². The summed E-state index contributed by atoms with van der Waals surface area (Å²) in [7, 11) is 0. The SMILES string of the molecule is CCCCCCN(CCCCCC)C(O)C1C=CC(Oc2cc(C(C)(C)C)cc3cc4c(c(-c5cc(C(F)(F)F)cc(C(F)(F)F)c5)c23)C(=N)NC4=N)=CC1. The number of aliphatic hydroxyl groups is 1. The van der Waals surface area contributed by atoms with Gasteiger partial charge in [0.1, 0.15) is 29.4 Å². The van der Waals surface area contributed by atoms with Crippen LogP contribution in [-0.2, 0) is 17.8 Å². The maximum absolute atomic E-state index is 14.2. The second kappa shape index (κ2) is 16.9. The largest absolute Gasteiger partial charge is 0.457 e. The van der Waals surface area contributed by atoms with Gasteiger partial charge in [0.05, 0.1) is 11.1 Å². The van der Waals surface area contributed by atoms with Gasteiger partial charge in [-0.05, 0) is 83.7 Å². The van der Waals surface area contributed by atoms with Crippen LogP contribution in [0.4, 0.5) is 26.3 Å². The highest BCUT2D eigenvalue weighted by atomic mass is 19.4. The fourth-order valence-electron chi connectivity index (χ4n) is 7.29. The Bertz CT molecular complexity index is 1910. The van der Waals surface area contributed by atoms with Gasteiger partial charge < -0.3 is 15.2 Å². The summed E-state index contributed by atoms with van der Waals surface area (Å²) in [4.78, 5) is 2.15. The second-order valence-corrected chi connectivity index (χ2v) is 15.7. The number of hydrogen-bond donors (Lipinski definition) is 4. The molecule has 298 valence electrons. The first-order chi connectivity index (χ1) is 25.8. The first kappa shape index (κ1) is 42.0. The molecule has 3 aromatic carbocycles. The Balaban J connectivity index is 1.60. The van der Waals surface area contributed by atoms with E-state index in [4.69, 9.17) is 15.6 Å². The lowest BCUT2D eigenvalue weighted by Gasteiger charge is -2.33. The molecule has 5 rings (SSSR count). The maximum atomic E-state index is 14.2. The molecule has 4 N–H and O–H groups in total. The van der Waals surface area contributed by atoms with Crippen molar-refractivity contribution in [2.75, 3.05) is 13.1 Å². The highest BCUT2D eigenvalue weighted by Crippen LogP contribution is 2.47. The summed E-state index contributed by atoms with van der Waals surface area (Å²) in [5, 5.41) is 32.0. The van der Waals surface area contributed by atoms with Crippen molar-refractivity contribution in [3.63, 3.8) is 0 Å². The van der Waals surface area contributed by atoms with Crippen molar-refractivity contribution in [3.8, 4) is 16.9 Å². The molecule has 0 aromatic heterocycles. The molecule has 2 atom stereocenters. The van der Waals surface area contributed by atoms with Gasteiger partial charge in [-0.1, -0.05) is 85.3 Å². The zero-order chi connectivity index (χ0) is 40.3. The molecular weight excluding hydrogens is 718 g/mol. The molecule has 0 saturated carbocycles. The molecule has 0 fully saturated rings. The Morgan fingerprint density at radius 2 is 1.38 bits per heavy atom. The number of rotatable bonds is 15. The average Bonchev–Trinajstić information content (AvgIpc) is 3.40. The molecule has 1 aliphatic carbocycles. The molecule has 1 aliphatic heterocycles. The molecule has 12 heteroatoms. The molecule has 2 unspecified atom stereocenters. The number of alkyl halides is 6. The number of nitrogens with one attached hydrogen (secondary N) is 3. The fourth-order valence-corrected chi connectivity index (χ4v) is 7.29. The molecule has 55 heavy (non-hydrogen) atoms. The lowest BCUT2D eigenvalue weighted by molar-refractivity contribution is -0.143. The molecule has 0 radical (unpaired) electrons. The van der Waals surface area contributed by atoms with Gasteiger partial charge in [0.25, 0.3) is 0 Å². The monoisotopic (exact) mass is 770 g/mol. The maximum Gasteiger partial charge on any atom is 0.416 e. The lowest BCUT2D eigenvalue weighted by atomic mass is 9.82. The van der Waals surface area contributed by atoms with Crippen LogP contribution in [0.2, 0.25) is 0 Å². The van der Waals surface area contributed by atoms with Gasteiger partial charge in [0, 0.05) is 41.1 Å². The van der Waals surface area contributed by atoms with Crippen LogP contribution in [0.3, 0.4) is 0 Å². The van der Waals surface area contributed by atoms with E-state index in [9.17, 15) is 31.4 Å². The van der Waals surface area contributed by atoms with Gasteiger partial charge in [-0.15, -0.1) is 0 Å². The summed E-state index contributed by atoms with van der Waals surface area (Å²) < 4.78 is 91.5. The van der Waals surface area contributed by atoms with E-state index in [2.05, 4.69) is 24.1 Å². The number of hydrogen-bond acceptors (Lipinski definition) is 5. The Morgan fingerprint density at radius 1 is 0.782 bits per heavy atom. The number of aliphatic hydroxyl groups excluding tert-OH is 1. The summed E-state index contributed by atoms with van der Waals surface area (Å²) in [6.07, 6.45) is 3.70. The van der Waals surface area contributed by atoms with Crippen molar-refractivity contribution >= 4 is 22.4 Å². The van der Waals surface area contributed by atoms with E-state index in [-0.39, 0.29) is 51.5 Å². The third kappa shape index (κ3) is 9.81. The van der Waals surface area contributed by atoms with Crippen molar-refractivity contribution in [1.82, 2.24) is 10.2 Å². The summed E-state index contributed by atoms with van der Waals surface area (Å²) in [5.74, 6) is -0.149. The van der Waals surface area contributed by atoms with E-state index in [1.54, 1.807) is 24.3 Å². The van der Waals surface area contributed by atoms with Crippen molar-refractivity contribution in [2.24, 2.45) is 5.92 Å². The van der Waals surface area contributed by atoms with Gasteiger partial charge in [-0.2, -0.15) is 26.3 Å². The minimum atomic E-state index is -5.10. The molecule has 3 aromatic rings. The predicted molar refractivity (Wildman–Crippen MR) is 207 cm³/mol. The summed E-state index contributed by atoms with van der Waals surface area (Å²) in [5.41, 5.74) is -2.95. The van der Waals surface area contributed by atoms with Gasteiger partial charge in [0.15, 0.2) is 0 Å². The van der Waals surface area contributed by atoms with Crippen LogP contribution in [0.1, 0.15) is 120 Å². The van der Waals surface area contributed by atoms with E-state index < -0.39 is 40.7 Å². The van der Waals surface area contributed by atoms with E-state index in [0.717, 1.165) is 70.0 Å². The van der Waals surface area contributed by atoms with Crippen LogP contribution >= 0.6 is 0 Å². The molecule has 0 saturated heterocycles. The normalized spacial score (nSPS) is 16.8. The van der Waals surface area contributed by atoms with Crippen molar-refractivity contribution in [1.29, 1.82) is 10.8 Å². The van der Waals surface area contributed by atoms with Gasteiger partial charge in [-0.25, -0.2) is 0 Å². The van der Waals surface area contributed by atoms with Crippen LogP contribution in [-0.4, -0.2) is 41.0 Å². The van der Waals surface area contributed by atoms with Crippen LogP contribution in [0.15, 0.2) is 60.4 Å². The molecule has 0 amide bonds. The Kier molecular flexibility index (Phi) is 12.9. The number of fused-ring (bicyclic) bond motifs is 2. The Labute approximate surface area is 319 Å². The van der Waals surface area contributed by atoms with E-state index in [0.29, 0.717) is 29.7 Å². The number of halogens is 6. The van der Waals surface area contributed by atoms with E-state index in [1.165, 1.54) is 0 Å². The predicted octanol–water partition coefficient (Wildman–Crippen LogP) is 11.7. The van der Waals surface area contributed by atoms with Crippen LogP contribution < -0.4 is 10.1 Å². The van der Waals surface area contributed by atoms with Gasteiger partial charge in [0.2, 0.25) is 0 Å². The number of benzene rings is 3. The Hall–Kier alpha value is -4.16. The zero-order valence-corrected chi connectivity index (χ0v) is 32.2. The summed E-state index contributed by atoms with van der Waals surface area (Å²) >= 11 is 0. The number of unbranched alkanes of at least 4 members (excludes halogenated alkanes) is 6. The molecular formula is C43H52F6N4O2. The zero-order valence-electron chi connectivity index (χ0n) is 32.2. The van der Waals surface area contributed by atoms with Crippen LogP contribution in [0.5, 0.6) is 5.75 Å². The number of ether oxygens (including phenoxy) is 1. The third-order valence-corrected chi connectivity index (χ3v) is 10.4. The van der Waals surface area contributed by atoms with Crippen molar-refractivity contribution in [2.45, 2.75) is 116 Å². The molecule has 0 bridgehead atoms. The Morgan fingerprint density at radius 3 is 1.89 bits per heavy atom. The molecule has 0 spiro atoms. The molecule has 6 nitrogen and oxygen atoms in total. The smallest absolute Gasteiger partial charge is 0.416 e. The minimum absolute atomic E-state index is 0.00706. The topological polar surface area (TPSA) is 92.4 Å². The number of nitrogens with zero attached hydrogens (tertiary/aromatic N) is 1. The number of allylic oxidation sites excluding steroid dienone is 2. The number of amidine groups is 2. The standard InChI is InChI=1S/C43H52F6N4O2/c1-6-8-10-12-18-53(19-13-11-9-7-2)40(54)26-14-16-32(17-15-26)55-34-25-29(41(3,4)5)20-28-23-33-37(39(51)52-38(33)50)36(35(28)34)27-21-30(42(44,45)46)24-31(22-27)43(47,48)49/h14,16-17,20-26,40,54H,6-13,15,18-19H2,1-5H3,(H3,50,51,52). The fraction of sp³-hybridized carbons (Fsp3) is 0.488. The van der Waals surface area contributed by atoms with Crippen molar-refractivity contribution < 1.29 is 36.2 Å².